The maximum absolute atomic E-state index is 12.9. The summed E-state index contributed by atoms with van der Waals surface area (Å²) in [6.45, 7) is 1.93. The zero-order valence-corrected chi connectivity index (χ0v) is 12.2. The quantitative estimate of drug-likeness (QED) is 0.780. The van der Waals surface area contributed by atoms with Crippen LogP contribution in [0.15, 0.2) is 22.7 Å². The number of rotatable bonds is 2. The molecular weight excluding hydrogens is 258 g/mol. The van der Waals surface area contributed by atoms with Crippen LogP contribution >= 0.6 is 0 Å². The molecule has 1 atom stereocenters. The first kappa shape index (κ1) is 14.0. The number of pyridine rings is 1. The van der Waals surface area contributed by atoms with E-state index in [4.69, 9.17) is 5.26 Å². The Morgan fingerprint density at radius 3 is 2.58 bits per heavy atom. The van der Waals surface area contributed by atoms with Crippen LogP contribution < -0.4 is 0 Å². The minimum Gasteiger partial charge on any atom is -0.261 e. The topological polar surface area (TPSA) is 66.1 Å². The van der Waals surface area contributed by atoms with Crippen molar-refractivity contribution in [2.45, 2.75) is 43.8 Å². The molecule has 1 aromatic heterocycles. The summed E-state index contributed by atoms with van der Waals surface area (Å²) in [5.41, 5.74) is 1.90. The Labute approximate surface area is 115 Å². The minimum absolute atomic E-state index is 0.512. The first-order valence-corrected chi connectivity index (χ1v) is 8.47. The van der Waals surface area contributed by atoms with Crippen molar-refractivity contribution in [3.8, 4) is 6.19 Å². The maximum atomic E-state index is 12.9. The van der Waals surface area contributed by atoms with Gasteiger partial charge in [-0.15, -0.1) is 4.36 Å². The Balaban J connectivity index is 2.59. The van der Waals surface area contributed by atoms with E-state index >= 15 is 0 Å². The molecule has 1 aliphatic carbocycles. The lowest BCUT2D eigenvalue weighted by molar-refractivity contribution is 0.393. The molecule has 1 aliphatic rings. The third-order valence-corrected chi connectivity index (χ3v) is 6.56. The van der Waals surface area contributed by atoms with E-state index in [0.29, 0.717) is 0 Å². The predicted octanol–water partition coefficient (Wildman–Crippen LogP) is 3.13. The Morgan fingerprint density at radius 1 is 1.37 bits per heavy atom. The highest BCUT2D eigenvalue weighted by Crippen LogP contribution is 2.44. The van der Waals surface area contributed by atoms with Crippen molar-refractivity contribution in [3.05, 3.63) is 29.6 Å². The molecule has 1 fully saturated rings. The van der Waals surface area contributed by atoms with Crippen LogP contribution in [-0.2, 0) is 14.5 Å². The standard InChI is InChI=1S/C14H19N3OS/c1-12-6-7-13(10-16-12)14(8-4-3-5-9-14)19(2,18)17-11-15/h6-7,10H,3-5,8-9H2,1-2H3. The summed E-state index contributed by atoms with van der Waals surface area (Å²) < 4.78 is 16.2. The van der Waals surface area contributed by atoms with Gasteiger partial charge in [-0.2, -0.15) is 5.26 Å². The van der Waals surface area contributed by atoms with Gasteiger partial charge in [0.25, 0.3) is 0 Å². The van der Waals surface area contributed by atoms with Crippen LogP contribution in [0.4, 0.5) is 0 Å². The molecule has 5 heteroatoms. The number of aromatic nitrogens is 1. The van der Waals surface area contributed by atoms with Crippen LogP contribution in [0.3, 0.4) is 0 Å². The summed E-state index contributed by atoms with van der Waals surface area (Å²) in [5.74, 6) is 0. The van der Waals surface area contributed by atoms with Gasteiger partial charge in [0.15, 0.2) is 0 Å². The smallest absolute Gasteiger partial charge is 0.214 e. The van der Waals surface area contributed by atoms with Crippen molar-refractivity contribution in [2.24, 2.45) is 4.36 Å². The van der Waals surface area contributed by atoms with Gasteiger partial charge in [0.2, 0.25) is 6.19 Å². The van der Waals surface area contributed by atoms with E-state index in [-0.39, 0.29) is 0 Å². The van der Waals surface area contributed by atoms with Gasteiger partial charge in [0.1, 0.15) is 0 Å². The van der Waals surface area contributed by atoms with E-state index in [1.807, 2.05) is 19.1 Å². The molecule has 0 saturated heterocycles. The van der Waals surface area contributed by atoms with E-state index in [1.165, 1.54) is 0 Å². The molecule has 0 spiro atoms. The Morgan fingerprint density at radius 2 is 2.05 bits per heavy atom. The summed E-state index contributed by atoms with van der Waals surface area (Å²) in [6, 6.07) is 3.93. The van der Waals surface area contributed by atoms with Gasteiger partial charge in [0, 0.05) is 18.1 Å². The van der Waals surface area contributed by atoms with Gasteiger partial charge in [-0.3, -0.25) is 4.98 Å². The fourth-order valence-corrected chi connectivity index (χ4v) is 4.85. The van der Waals surface area contributed by atoms with Gasteiger partial charge in [-0.1, -0.05) is 25.3 Å². The summed E-state index contributed by atoms with van der Waals surface area (Å²) in [4.78, 5) is 4.32. The lowest BCUT2D eigenvalue weighted by atomic mass is 9.83. The number of nitrogens with zero attached hydrogens (tertiary/aromatic N) is 3. The van der Waals surface area contributed by atoms with Crippen molar-refractivity contribution < 1.29 is 4.21 Å². The molecule has 0 N–H and O–H groups in total. The van der Waals surface area contributed by atoms with Gasteiger partial charge in [0.05, 0.1) is 14.5 Å². The molecule has 1 saturated carbocycles. The molecule has 1 unspecified atom stereocenters. The lowest BCUT2D eigenvalue weighted by Crippen LogP contribution is -2.37. The highest BCUT2D eigenvalue weighted by Gasteiger charge is 2.42. The van der Waals surface area contributed by atoms with Crippen molar-refractivity contribution in [3.63, 3.8) is 0 Å². The lowest BCUT2D eigenvalue weighted by Gasteiger charge is -2.37. The van der Waals surface area contributed by atoms with Crippen molar-refractivity contribution in [1.29, 1.82) is 5.26 Å². The van der Waals surface area contributed by atoms with Crippen LogP contribution in [-0.4, -0.2) is 15.4 Å². The first-order chi connectivity index (χ1) is 9.02. The summed E-state index contributed by atoms with van der Waals surface area (Å²) in [5, 5.41) is 8.83. The fraction of sp³-hybridized carbons (Fsp3) is 0.571. The Kier molecular flexibility index (Phi) is 3.91. The molecule has 0 radical (unpaired) electrons. The summed E-state index contributed by atoms with van der Waals surface area (Å²) >= 11 is 0. The van der Waals surface area contributed by atoms with Gasteiger partial charge in [-0.05, 0) is 31.4 Å². The number of nitriles is 1. The van der Waals surface area contributed by atoms with Crippen LogP contribution in [0, 0.1) is 18.4 Å². The average Bonchev–Trinajstić information content (AvgIpc) is 2.40. The predicted molar refractivity (Wildman–Crippen MR) is 75.8 cm³/mol. The normalized spacial score (nSPS) is 21.1. The zero-order valence-electron chi connectivity index (χ0n) is 11.4. The van der Waals surface area contributed by atoms with E-state index < -0.39 is 14.5 Å². The molecule has 4 nitrogen and oxygen atoms in total. The van der Waals surface area contributed by atoms with Gasteiger partial charge in [-0.25, -0.2) is 4.21 Å². The molecule has 0 aliphatic heterocycles. The monoisotopic (exact) mass is 277 g/mol. The van der Waals surface area contributed by atoms with E-state index in [2.05, 4.69) is 9.35 Å². The molecule has 1 aromatic rings. The van der Waals surface area contributed by atoms with E-state index in [0.717, 1.165) is 43.4 Å². The Hall–Kier alpha value is -1.41. The van der Waals surface area contributed by atoms with Crippen LogP contribution in [0.2, 0.25) is 0 Å². The molecule has 1 heterocycles. The Bertz CT molecular complexity index is 601. The molecule has 102 valence electrons. The number of hydrogen-bond donors (Lipinski definition) is 0. The van der Waals surface area contributed by atoms with Gasteiger partial charge >= 0.3 is 0 Å². The second-order valence-corrected chi connectivity index (χ2v) is 7.81. The molecule has 19 heavy (non-hydrogen) atoms. The maximum Gasteiger partial charge on any atom is 0.214 e. The SMILES string of the molecule is Cc1ccc(C2(S(C)(=O)=NC#N)CCCCC2)cn1. The van der Waals surface area contributed by atoms with E-state index in [1.54, 1.807) is 18.6 Å². The summed E-state index contributed by atoms with van der Waals surface area (Å²) in [7, 11) is -2.59. The van der Waals surface area contributed by atoms with Gasteiger partial charge < -0.3 is 0 Å². The summed E-state index contributed by atoms with van der Waals surface area (Å²) in [6.07, 6.45) is 10.0. The van der Waals surface area contributed by atoms with Crippen LogP contribution in [0.25, 0.3) is 0 Å². The first-order valence-electron chi connectivity index (χ1n) is 6.55. The molecular formula is C14H19N3OS. The van der Waals surface area contributed by atoms with Crippen LogP contribution in [0.5, 0.6) is 0 Å². The fourth-order valence-electron chi connectivity index (χ4n) is 2.91. The largest absolute Gasteiger partial charge is 0.261 e. The van der Waals surface area contributed by atoms with Crippen LogP contribution in [0.1, 0.15) is 43.4 Å². The van der Waals surface area contributed by atoms with Crippen molar-refractivity contribution in [1.82, 2.24) is 4.98 Å². The highest BCUT2D eigenvalue weighted by molar-refractivity contribution is 7.94. The average molecular weight is 277 g/mol. The number of hydrogen-bond acceptors (Lipinski definition) is 4. The number of aryl methyl sites for hydroxylation is 1. The third kappa shape index (κ3) is 2.50. The molecule has 0 amide bonds. The molecule has 2 rings (SSSR count). The van der Waals surface area contributed by atoms with Crippen molar-refractivity contribution in [2.75, 3.05) is 6.26 Å². The molecule has 0 aromatic carbocycles. The second kappa shape index (κ2) is 5.30. The minimum atomic E-state index is -2.59. The third-order valence-electron chi connectivity index (χ3n) is 4.04. The van der Waals surface area contributed by atoms with E-state index in [9.17, 15) is 4.21 Å². The second-order valence-electron chi connectivity index (χ2n) is 5.24. The zero-order chi connectivity index (χ0) is 13.9. The molecule has 0 bridgehead atoms. The highest BCUT2D eigenvalue weighted by atomic mass is 32.2. The van der Waals surface area contributed by atoms with Crippen molar-refractivity contribution >= 4 is 9.73 Å².